The van der Waals surface area contributed by atoms with Crippen molar-refractivity contribution in [1.82, 2.24) is 10.6 Å². The van der Waals surface area contributed by atoms with Gasteiger partial charge in [0.15, 0.2) is 0 Å². The quantitative estimate of drug-likeness (QED) is 0.714. The molecule has 3 rings (SSSR count). The molecule has 0 saturated carbocycles. The minimum atomic E-state index is -0.0479. The first-order valence-corrected chi connectivity index (χ1v) is 9.57. The van der Waals surface area contributed by atoms with Gasteiger partial charge >= 0.3 is 0 Å². The lowest BCUT2D eigenvalue weighted by molar-refractivity contribution is 0.0910. The average Bonchev–Trinajstić information content (AvgIpc) is 2.69. The molecule has 0 radical (unpaired) electrons. The van der Waals surface area contributed by atoms with E-state index >= 15 is 0 Å². The molecule has 1 heterocycles. The molecule has 2 aromatic carbocycles. The van der Waals surface area contributed by atoms with Crippen LogP contribution >= 0.6 is 0 Å². The summed E-state index contributed by atoms with van der Waals surface area (Å²) in [4.78, 5) is 12.6. The van der Waals surface area contributed by atoms with Crippen LogP contribution in [0.25, 0.3) is 0 Å². The van der Waals surface area contributed by atoms with Crippen molar-refractivity contribution in [3.05, 3.63) is 65.7 Å². The zero-order chi connectivity index (χ0) is 18.2. The van der Waals surface area contributed by atoms with Gasteiger partial charge in [-0.3, -0.25) is 4.79 Å². The summed E-state index contributed by atoms with van der Waals surface area (Å²) in [5, 5.41) is 16.1. The van der Waals surface area contributed by atoms with E-state index in [1.54, 1.807) is 24.3 Å². The van der Waals surface area contributed by atoms with Crippen LogP contribution in [0.15, 0.2) is 54.6 Å². The summed E-state index contributed by atoms with van der Waals surface area (Å²) in [6, 6.07) is 17.2. The Balaban J connectivity index is 1.60. The highest BCUT2D eigenvalue weighted by atomic mass is 16.3. The molecule has 0 spiro atoms. The number of aryl methyl sites for hydroxylation is 1. The summed E-state index contributed by atoms with van der Waals surface area (Å²) in [5.41, 5.74) is 1.95. The Labute approximate surface area is 155 Å². The van der Waals surface area contributed by atoms with Crippen LogP contribution in [0.1, 0.15) is 41.6 Å². The molecular formula is C22H28N2O2. The standard InChI is InChI=1S/C22H28N2O2/c25-20-11-9-19(10-12-20)22(26)24-21(18-13-15-23-16-14-18)8-4-7-17-5-2-1-3-6-17/h1-3,5-6,9-12,18,21,23,25H,4,7-8,13-16H2,(H,24,26). The van der Waals surface area contributed by atoms with E-state index in [4.69, 9.17) is 0 Å². The van der Waals surface area contributed by atoms with Crippen LogP contribution in [-0.4, -0.2) is 30.1 Å². The van der Waals surface area contributed by atoms with Crippen molar-refractivity contribution in [2.45, 2.75) is 38.1 Å². The first kappa shape index (κ1) is 18.5. The molecular weight excluding hydrogens is 324 g/mol. The van der Waals surface area contributed by atoms with Gasteiger partial charge in [0.2, 0.25) is 0 Å². The molecule has 2 aromatic rings. The van der Waals surface area contributed by atoms with Gasteiger partial charge in [-0.05, 0) is 80.9 Å². The molecule has 1 atom stereocenters. The summed E-state index contributed by atoms with van der Waals surface area (Å²) < 4.78 is 0. The van der Waals surface area contributed by atoms with E-state index in [0.29, 0.717) is 11.5 Å². The molecule has 1 unspecified atom stereocenters. The van der Waals surface area contributed by atoms with Gasteiger partial charge in [0.05, 0.1) is 0 Å². The largest absolute Gasteiger partial charge is 0.508 e. The Morgan fingerprint density at radius 1 is 1.08 bits per heavy atom. The molecule has 1 fully saturated rings. The highest BCUT2D eigenvalue weighted by Crippen LogP contribution is 2.21. The number of carbonyl (C=O) groups is 1. The van der Waals surface area contributed by atoms with Gasteiger partial charge in [-0.15, -0.1) is 0 Å². The van der Waals surface area contributed by atoms with Crippen molar-refractivity contribution < 1.29 is 9.90 Å². The number of phenols is 1. The van der Waals surface area contributed by atoms with Crippen LogP contribution in [0, 0.1) is 5.92 Å². The van der Waals surface area contributed by atoms with Gasteiger partial charge in [-0.25, -0.2) is 0 Å². The maximum absolute atomic E-state index is 12.6. The molecule has 1 amide bonds. The number of carbonyl (C=O) groups excluding carboxylic acids is 1. The third kappa shape index (κ3) is 5.33. The molecule has 1 aliphatic rings. The van der Waals surface area contributed by atoms with Gasteiger partial charge in [0, 0.05) is 11.6 Å². The first-order valence-electron chi connectivity index (χ1n) is 9.57. The van der Waals surface area contributed by atoms with E-state index in [2.05, 4.69) is 34.9 Å². The third-order valence-corrected chi connectivity index (χ3v) is 5.22. The SMILES string of the molecule is O=C(NC(CCCc1ccccc1)C1CCNCC1)c1ccc(O)cc1. The summed E-state index contributed by atoms with van der Waals surface area (Å²) in [7, 11) is 0. The Kier molecular flexibility index (Phi) is 6.67. The summed E-state index contributed by atoms with van der Waals surface area (Å²) >= 11 is 0. The van der Waals surface area contributed by atoms with Crippen LogP contribution < -0.4 is 10.6 Å². The van der Waals surface area contributed by atoms with Crippen molar-refractivity contribution in [3.8, 4) is 5.75 Å². The first-order chi connectivity index (χ1) is 12.7. The van der Waals surface area contributed by atoms with Crippen molar-refractivity contribution in [1.29, 1.82) is 0 Å². The predicted molar refractivity (Wildman–Crippen MR) is 104 cm³/mol. The molecule has 0 aromatic heterocycles. The molecule has 3 N–H and O–H groups in total. The zero-order valence-electron chi connectivity index (χ0n) is 15.2. The normalized spacial score (nSPS) is 16.2. The number of amides is 1. The van der Waals surface area contributed by atoms with Crippen LogP contribution in [0.2, 0.25) is 0 Å². The van der Waals surface area contributed by atoms with Gasteiger partial charge in [-0.2, -0.15) is 0 Å². The fourth-order valence-electron chi connectivity index (χ4n) is 3.71. The lowest BCUT2D eigenvalue weighted by atomic mass is 9.86. The summed E-state index contributed by atoms with van der Waals surface area (Å²) in [6.45, 7) is 2.05. The summed E-state index contributed by atoms with van der Waals surface area (Å²) in [6.07, 6.45) is 5.30. The minimum Gasteiger partial charge on any atom is -0.508 e. The highest BCUT2D eigenvalue weighted by molar-refractivity contribution is 5.94. The third-order valence-electron chi connectivity index (χ3n) is 5.22. The van der Waals surface area contributed by atoms with Gasteiger partial charge in [0.25, 0.3) is 5.91 Å². The van der Waals surface area contributed by atoms with Crippen LogP contribution in [0.4, 0.5) is 0 Å². The van der Waals surface area contributed by atoms with E-state index in [-0.39, 0.29) is 17.7 Å². The molecule has 1 aliphatic heterocycles. The molecule has 4 nitrogen and oxygen atoms in total. The number of hydrogen-bond donors (Lipinski definition) is 3. The van der Waals surface area contributed by atoms with E-state index in [0.717, 1.165) is 45.2 Å². The van der Waals surface area contributed by atoms with Gasteiger partial charge in [0.1, 0.15) is 5.75 Å². The smallest absolute Gasteiger partial charge is 0.251 e. The van der Waals surface area contributed by atoms with Crippen molar-refractivity contribution in [3.63, 3.8) is 0 Å². The van der Waals surface area contributed by atoms with E-state index in [1.165, 1.54) is 5.56 Å². The Bertz CT molecular complexity index is 679. The monoisotopic (exact) mass is 352 g/mol. The molecule has 4 heteroatoms. The van der Waals surface area contributed by atoms with Crippen molar-refractivity contribution in [2.24, 2.45) is 5.92 Å². The second-order valence-electron chi connectivity index (χ2n) is 7.09. The Morgan fingerprint density at radius 2 is 1.77 bits per heavy atom. The van der Waals surface area contributed by atoms with Gasteiger partial charge in [-0.1, -0.05) is 30.3 Å². The van der Waals surface area contributed by atoms with E-state index in [9.17, 15) is 9.90 Å². The fraction of sp³-hybridized carbons (Fsp3) is 0.409. The number of phenolic OH excluding ortho intramolecular Hbond substituents is 1. The average molecular weight is 352 g/mol. The predicted octanol–water partition coefficient (Wildman–Crippen LogP) is 3.51. The zero-order valence-corrected chi connectivity index (χ0v) is 15.2. The lowest BCUT2D eigenvalue weighted by Gasteiger charge is -2.31. The molecule has 1 saturated heterocycles. The maximum Gasteiger partial charge on any atom is 0.251 e. The number of nitrogens with one attached hydrogen (secondary N) is 2. The number of hydrogen-bond acceptors (Lipinski definition) is 3. The number of rotatable bonds is 7. The van der Waals surface area contributed by atoms with Crippen LogP contribution in [0.3, 0.4) is 0 Å². The lowest BCUT2D eigenvalue weighted by Crippen LogP contribution is -2.44. The minimum absolute atomic E-state index is 0.0479. The van der Waals surface area contributed by atoms with Crippen molar-refractivity contribution in [2.75, 3.05) is 13.1 Å². The highest BCUT2D eigenvalue weighted by Gasteiger charge is 2.25. The number of aromatic hydroxyl groups is 1. The van der Waals surface area contributed by atoms with Crippen molar-refractivity contribution >= 4 is 5.91 Å². The number of piperidine rings is 1. The number of benzene rings is 2. The van der Waals surface area contributed by atoms with E-state index < -0.39 is 0 Å². The maximum atomic E-state index is 12.6. The Morgan fingerprint density at radius 3 is 2.46 bits per heavy atom. The Hall–Kier alpha value is -2.33. The second kappa shape index (κ2) is 9.39. The molecule has 138 valence electrons. The summed E-state index contributed by atoms with van der Waals surface area (Å²) in [5.74, 6) is 0.653. The molecule has 0 aliphatic carbocycles. The van der Waals surface area contributed by atoms with Crippen LogP contribution in [-0.2, 0) is 6.42 Å². The molecule has 0 bridgehead atoms. The fourth-order valence-corrected chi connectivity index (χ4v) is 3.71. The van der Waals surface area contributed by atoms with Gasteiger partial charge < -0.3 is 15.7 Å². The van der Waals surface area contributed by atoms with Crippen LogP contribution in [0.5, 0.6) is 5.75 Å². The topological polar surface area (TPSA) is 61.4 Å². The second-order valence-corrected chi connectivity index (χ2v) is 7.09. The van der Waals surface area contributed by atoms with E-state index in [1.807, 2.05) is 6.07 Å². The molecule has 26 heavy (non-hydrogen) atoms.